The first kappa shape index (κ1) is 14.0. The molecule has 0 aliphatic heterocycles. The van der Waals surface area contributed by atoms with E-state index in [-0.39, 0.29) is 10.6 Å². The van der Waals surface area contributed by atoms with E-state index >= 15 is 0 Å². The number of hydrogen-bond donors (Lipinski definition) is 0. The predicted molar refractivity (Wildman–Crippen MR) is 61.1 cm³/mol. The lowest BCUT2D eigenvalue weighted by Gasteiger charge is -1.89. The molecule has 0 unspecified atom stereocenters. The first-order valence-electron chi connectivity index (χ1n) is 4.00. The fourth-order valence-electron chi connectivity index (χ4n) is 0.493. The van der Waals surface area contributed by atoms with Crippen LogP contribution in [0.15, 0.2) is 31.6 Å². The van der Waals surface area contributed by atoms with Crippen LogP contribution in [0.5, 0.6) is 0 Å². The van der Waals surface area contributed by atoms with E-state index in [1.54, 1.807) is 12.2 Å². The molecule has 0 saturated carbocycles. The van der Waals surface area contributed by atoms with Gasteiger partial charge in [0.2, 0.25) is 10.6 Å². The highest BCUT2D eigenvalue weighted by atomic mass is 35.5. The minimum absolute atomic E-state index is 0.116. The van der Waals surface area contributed by atoms with E-state index in [4.69, 9.17) is 27.9 Å². The van der Waals surface area contributed by atoms with Crippen LogP contribution in [-0.2, 0) is 4.74 Å². The lowest BCUT2D eigenvalue weighted by molar-refractivity contribution is 0.194. The summed E-state index contributed by atoms with van der Waals surface area (Å²) in [6.45, 7) is 8.18. The number of halogens is 2. The van der Waals surface area contributed by atoms with Gasteiger partial charge < -0.3 is 4.74 Å². The molecule has 0 N–H and O–H groups in total. The van der Waals surface area contributed by atoms with Gasteiger partial charge in [-0.1, -0.05) is 12.2 Å². The lowest BCUT2D eigenvalue weighted by atomic mass is 10.6. The number of aromatic nitrogens is 3. The van der Waals surface area contributed by atoms with Crippen molar-refractivity contribution in [2.45, 2.75) is 0 Å². The zero-order valence-corrected chi connectivity index (χ0v) is 9.58. The average Bonchev–Trinajstić information content (AvgIpc) is 2.19. The van der Waals surface area contributed by atoms with Crippen molar-refractivity contribution in [2.75, 3.05) is 13.2 Å². The van der Waals surface area contributed by atoms with E-state index in [0.717, 1.165) is 0 Å². The summed E-state index contributed by atoms with van der Waals surface area (Å²) in [5, 5.41) is 0.231. The third-order valence-electron chi connectivity index (χ3n) is 0.984. The van der Waals surface area contributed by atoms with Crippen molar-refractivity contribution in [3.05, 3.63) is 42.2 Å². The quantitative estimate of drug-likeness (QED) is 0.606. The molecule has 0 amide bonds. The van der Waals surface area contributed by atoms with Gasteiger partial charge in [0.15, 0.2) is 0 Å². The Kier molecular flexibility index (Phi) is 8.96. The average molecular weight is 248 g/mol. The summed E-state index contributed by atoms with van der Waals surface area (Å²) in [5.74, 6) is 0. The van der Waals surface area contributed by atoms with Crippen molar-refractivity contribution in [2.24, 2.45) is 0 Å². The molecule has 0 saturated heterocycles. The molecule has 1 aromatic rings. The largest absolute Gasteiger partial charge is 0.373 e. The summed E-state index contributed by atoms with van der Waals surface area (Å²) in [6.07, 6.45) is 4.67. The minimum atomic E-state index is 0.116. The van der Waals surface area contributed by atoms with Crippen molar-refractivity contribution in [3.8, 4) is 0 Å². The second-order valence-electron chi connectivity index (χ2n) is 2.14. The summed E-state index contributed by atoms with van der Waals surface area (Å²) in [7, 11) is 0. The minimum Gasteiger partial charge on any atom is -0.373 e. The van der Waals surface area contributed by atoms with Gasteiger partial charge in [-0.2, -0.15) is 4.98 Å². The first-order valence-corrected chi connectivity index (χ1v) is 4.76. The third-order valence-corrected chi connectivity index (χ3v) is 1.35. The van der Waals surface area contributed by atoms with E-state index in [2.05, 4.69) is 28.1 Å². The Morgan fingerprint density at radius 2 is 1.60 bits per heavy atom. The van der Waals surface area contributed by atoms with Gasteiger partial charge >= 0.3 is 0 Å². The predicted octanol–water partition coefficient (Wildman–Crippen LogP) is 2.55. The first-order chi connectivity index (χ1) is 7.20. The standard InChI is InChI=1S/C6H10O.C3HCl2N3/c1-3-5-7-6-4-2;4-2-6-1-7-3(5)8-2/h3-4H,1-2,5-6H2;1H. The maximum atomic E-state index is 5.30. The number of ether oxygens (including phenoxy) is 1. The molecule has 0 bridgehead atoms. The van der Waals surface area contributed by atoms with Crippen LogP contribution in [-0.4, -0.2) is 28.2 Å². The maximum Gasteiger partial charge on any atom is 0.226 e. The summed E-state index contributed by atoms with van der Waals surface area (Å²) >= 11 is 10.6. The van der Waals surface area contributed by atoms with E-state index in [9.17, 15) is 0 Å². The van der Waals surface area contributed by atoms with Crippen LogP contribution in [0.4, 0.5) is 0 Å². The van der Waals surface area contributed by atoms with Crippen molar-refractivity contribution < 1.29 is 4.74 Å². The van der Waals surface area contributed by atoms with Crippen LogP contribution in [0.2, 0.25) is 10.6 Å². The van der Waals surface area contributed by atoms with Gasteiger partial charge in [0.1, 0.15) is 6.33 Å². The molecule has 82 valence electrons. The topological polar surface area (TPSA) is 47.9 Å². The molecular weight excluding hydrogens is 237 g/mol. The van der Waals surface area contributed by atoms with Gasteiger partial charge in [0.25, 0.3) is 0 Å². The zero-order valence-electron chi connectivity index (χ0n) is 8.07. The third kappa shape index (κ3) is 9.34. The number of rotatable bonds is 4. The number of hydrogen-bond acceptors (Lipinski definition) is 4. The summed E-state index contributed by atoms with van der Waals surface area (Å²) in [4.78, 5) is 10.5. The second kappa shape index (κ2) is 9.58. The highest BCUT2D eigenvalue weighted by molar-refractivity contribution is 6.30. The smallest absolute Gasteiger partial charge is 0.226 e. The summed E-state index contributed by atoms with van der Waals surface area (Å²) in [5.41, 5.74) is 0. The van der Waals surface area contributed by atoms with Crippen molar-refractivity contribution in [1.82, 2.24) is 15.0 Å². The van der Waals surface area contributed by atoms with E-state index in [1.807, 2.05) is 0 Å². The van der Waals surface area contributed by atoms with Crippen LogP contribution in [0, 0.1) is 0 Å². The molecule has 4 nitrogen and oxygen atoms in total. The van der Waals surface area contributed by atoms with Gasteiger partial charge in [-0.05, 0) is 23.2 Å². The van der Waals surface area contributed by atoms with Crippen molar-refractivity contribution in [3.63, 3.8) is 0 Å². The lowest BCUT2D eigenvalue weighted by Crippen LogP contribution is -1.87. The summed E-state index contributed by atoms with van der Waals surface area (Å²) in [6, 6.07) is 0. The van der Waals surface area contributed by atoms with Gasteiger partial charge in [-0.15, -0.1) is 13.2 Å². The molecule has 1 heterocycles. The Morgan fingerprint density at radius 1 is 1.13 bits per heavy atom. The molecule has 15 heavy (non-hydrogen) atoms. The molecule has 0 aliphatic carbocycles. The molecule has 0 aliphatic rings. The maximum absolute atomic E-state index is 5.30. The molecule has 6 heteroatoms. The molecule has 0 atom stereocenters. The van der Waals surface area contributed by atoms with Gasteiger partial charge in [-0.3, -0.25) is 0 Å². The SMILES string of the molecule is C=CCOCC=C.Clc1ncnc(Cl)n1. The normalized spacial score (nSPS) is 8.67. The highest BCUT2D eigenvalue weighted by Crippen LogP contribution is 2.00. The van der Waals surface area contributed by atoms with E-state index < -0.39 is 0 Å². The number of nitrogens with zero attached hydrogens (tertiary/aromatic N) is 3. The van der Waals surface area contributed by atoms with E-state index in [0.29, 0.717) is 13.2 Å². The Bertz CT molecular complexity index is 282. The Morgan fingerprint density at radius 3 is 1.87 bits per heavy atom. The van der Waals surface area contributed by atoms with Gasteiger partial charge in [0.05, 0.1) is 13.2 Å². The fraction of sp³-hybridized carbons (Fsp3) is 0.222. The molecule has 0 fully saturated rings. The second-order valence-corrected chi connectivity index (χ2v) is 2.81. The molecular formula is C9H11Cl2N3O. The van der Waals surface area contributed by atoms with Gasteiger partial charge in [-0.25, -0.2) is 9.97 Å². The van der Waals surface area contributed by atoms with E-state index in [1.165, 1.54) is 6.33 Å². The molecule has 1 aromatic heterocycles. The molecule has 1 rings (SSSR count). The van der Waals surface area contributed by atoms with Crippen molar-refractivity contribution >= 4 is 23.2 Å². The molecule has 0 aromatic carbocycles. The van der Waals surface area contributed by atoms with Crippen LogP contribution in [0.25, 0.3) is 0 Å². The summed E-state index contributed by atoms with van der Waals surface area (Å²) < 4.78 is 4.90. The Hall–Kier alpha value is -0.970. The van der Waals surface area contributed by atoms with Crippen LogP contribution < -0.4 is 0 Å². The van der Waals surface area contributed by atoms with Crippen LogP contribution in [0.1, 0.15) is 0 Å². The monoisotopic (exact) mass is 247 g/mol. The van der Waals surface area contributed by atoms with Crippen LogP contribution in [0.3, 0.4) is 0 Å². The Labute approximate surface area is 98.6 Å². The highest BCUT2D eigenvalue weighted by Gasteiger charge is 1.89. The Balaban J connectivity index is 0.000000265. The zero-order chi connectivity index (χ0) is 11.5. The fourth-order valence-corrected chi connectivity index (χ4v) is 0.783. The molecule has 0 spiro atoms. The molecule has 0 radical (unpaired) electrons. The van der Waals surface area contributed by atoms with Crippen LogP contribution >= 0.6 is 23.2 Å². The van der Waals surface area contributed by atoms with Crippen molar-refractivity contribution in [1.29, 1.82) is 0 Å². The van der Waals surface area contributed by atoms with Gasteiger partial charge in [0, 0.05) is 0 Å².